The lowest BCUT2D eigenvalue weighted by molar-refractivity contribution is 0.111. The topological polar surface area (TPSA) is 47.8 Å². The smallest absolute Gasteiger partial charge is 0.172 e. The first-order chi connectivity index (χ1) is 9.10. The van der Waals surface area contributed by atoms with Crippen molar-refractivity contribution in [2.24, 2.45) is 5.92 Å². The summed E-state index contributed by atoms with van der Waals surface area (Å²) >= 11 is 5.87. The molecule has 4 nitrogen and oxygen atoms in total. The Morgan fingerprint density at radius 2 is 2.00 bits per heavy atom. The number of nitrogens with zero attached hydrogens (tertiary/aromatic N) is 3. The van der Waals surface area contributed by atoms with Gasteiger partial charge in [-0.15, -0.1) is 5.10 Å². The molecule has 0 saturated heterocycles. The van der Waals surface area contributed by atoms with Crippen LogP contribution in [0.5, 0.6) is 0 Å². The average molecular weight is 278 g/mol. The molecule has 1 heterocycles. The number of carbonyl (C=O) groups excluding carboxylic acids is 1. The first-order valence-corrected chi connectivity index (χ1v) is 6.60. The van der Waals surface area contributed by atoms with E-state index < -0.39 is 0 Å². The van der Waals surface area contributed by atoms with Crippen LogP contribution in [0.25, 0.3) is 0 Å². The monoisotopic (exact) mass is 277 g/mol. The molecule has 0 radical (unpaired) electrons. The first-order valence-electron chi connectivity index (χ1n) is 6.22. The predicted octanol–water partition coefficient (Wildman–Crippen LogP) is 2.99. The minimum absolute atomic E-state index is 0.413. The van der Waals surface area contributed by atoms with Gasteiger partial charge in [-0.2, -0.15) is 0 Å². The largest absolute Gasteiger partial charge is 0.296 e. The maximum atomic E-state index is 11.0. The number of aromatic nitrogens is 3. The van der Waals surface area contributed by atoms with Crippen molar-refractivity contribution in [3.05, 3.63) is 46.2 Å². The molecule has 19 heavy (non-hydrogen) atoms. The van der Waals surface area contributed by atoms with Gasteiger partial charge >= 0.3 is 0 Å². The Hall–Kier alpha value is -1.68. The van der Waals surface area contributed by atoms with E-state index in [1.807, 2.05) is 28.9 Å². The lowest BCUT2D eigenvalue weighted by Gasteiger charge is -2.09. The van der Waals surface area contributed by atoms with Crippen LogP contribution in [-0.2, 0) is 13.0 Å². The predicted molar refractivity (Wildman–Crippen MR) is 74.5 cm³/mol. The molecular weight excluding hydrogens is 262 g/mol. The van der Waals surface area contributed by atoms with Crippen LogP contribution in [0.15, 0.2) is 24.3 Å². The summed E-state index contributed by atoms with van der Waals surface area (Å²) < 4.78 is 1.81. The number of carbonyl (C=O) groups is 1. The van der Waals surface area contributed by atoms with E-state index in [1.54, 1.807) is 0 Å². The highest BCUT2D eigenvalue weighted by atomic mass is 35.5. The minimum Gasteiger partial charge on any atom is -0.296 e. The Labute approximate surface area is 117 Å². The molecule has 2 rings (SSSR count). The maximum Gasteiger partial charge on any atom is 0.172 e. The normalized spacial score (nSPS) is 10.9. The fraction of sp³-hybridized carbons (Fsp3) is 0.357. The van der Waals surface area contributed by atoms with Crippen LogP contribution in [0.4, 0.5) is 0 Å². The average Bonchev–Trinajstić information content (AvgIpc) is 2.74. The molecule has 0 atom stereocenters. The van der Waals surface area contributed by atoms with E-state index in [1.165, 1.54) is 0 Å². The molecule has 2 aromatic rings. The number of hydrogen-bond acceptors (Lipinski definition) is 3. The van der Waals surface area contributed by atoms with Crippen LogP contribution in [0.3, 0.4) is 0 Å². The standard InChI is InChI=1S/C14H16ClN3O/c1-10(2)8-18-14(13(9-19)16-17-18)7-11-3-5-12(15)6-4-11/h3-6,9-10H,7-8H2,1-2H3. The van der Waals surface area contributed by atoms with Crippen molar-refractivity contribution in [2.45, 2.75) is 26.8 Å². The quantitative estimate of drug-likeness (QED) is 0.790. The van der Waals surface area contributed by atoms with Gasteiger partial charge in [0, 0.05) is 18.0 Å². The number of rotatable bonds is 5. The van der Waals surface area contributed by atoms with Crippen molar-refractivity contribution in [3.63, 3.8) is 0 Å². The van der Waals surface area contributed by atoms with Crippen LogP contribution >= 0.6 is 11.6 Å². The van der Waals surface area contributed by atoms with Gasteiger partial charge in [0.1, 0.15) is 5.69 Å². The van der Waals surface area contributed by atoms with Gasteiger partial charge in [0.05, 0.1) is 5.69 Å². The molecule has 100 valence electrons. The van der Waals surface area contributed by atoms with E-state index >= 15 is 0 Å². The fourth-order valence-electron chi connectivity index (χ4n) is 1.91. The van der Waals surface area contributed by atoms with Gasteiger partial charge in [-0.1, -0.05) is 42.8 Å². The van der Waals surface area contributed by atoms with Crippen molar-refractivity contribution < 1.29 is 4.79 Å². The fourth-order valence-corrected chi connectivity index (χ4v) is 2.03. The Morgan fingerprint density at radius 1 is 1.32 bits per heavy atom. The maximum absolute atomic E-state index is 11.0. The SMILES string of the molecule is CC(C)Cn1nnc(C=O)c1Cc1ccc(Cl)cc1. The summed E-state index contributed by atoms with van der Waals surface area (Å²) in [6, 6.07) is 7.58. The summed E-state index contributed by atoms with van der Waals surface area (Å²) in [7, 11) is 0. The van der Waals surface area contributed by atoms with E-state index in [-0.39, 0.29) is 0 Å². The summed E-state index contributed by atoms with van der Waals surface area (Å²) in [5.41, 5.74) is 2.35. The summed E-state index contributed by atoms with van der Waals surface area (Å²) in [5, 5.41) is 8.67. The molecule has 0 aliphatic rings. The molecule has 0 fully saturated rings. The lowest BCUT2D eigenvalue weighted by atomic mass is 10.1. The van der Waals surface area contributed by atoms with Crippen LogP contribution in [0.1, 0.15) is 35.6 Å². The number of aldehydes is 1. The molecule has 1 aromatic heterocycles. The molecule has 5 heteroatoms. The minimum atomic E-state index is 0.413. The molecular formula is C14H16ClN3O. The third kappa shape index (κ3) is 3.41. The number of benzene rings is 1. The Bertz CT molecular complexity index is 561. The second kappa shape index (κ2) is 5.97. The van der Waals surface area contributed by atoms with Gasteiger partial charge in [0.25, 0.3) is 0 Å². The van der Waals surface area contributed by atoms with Crippen LogP contribution < -0.4 is 0 Å². The first kappa shape index (κ1) is 13.7. The van der Waals surface area contributed by atoms with Gasteiger partial charge in [-0.3, -0.25) is 4.79 Å². The number of halogens is 1. The molecule has 0 N–H and O–H groups in total. The molecule has 0 amide bonds. The number of hydrogen-bond donors (Lipinski definition) is 0. The van der Waals surface area contributed by atoms with E-state index in [0.717, 1.165) is 24.1 Å². The highest BCUT2D eigenvalue weighted by Gasteiger charge is 2.13. The summed E-state index contributed by atoms with van der Waals surface area (Å²) in [6.45, 7) is 4.96. The van der Waals surface area contributed by atoms with Gasteiger partial charge in [0.2, 0.25) is 0 Å². The van der Waals surface area contributed by atoms with E-state index in [4.69, 9.17) is 11.6 Å². The van der Waals surface area contributed by atoms with Gasteiger partial charge in [0.15, 0.2) is 6.29 Å². The molecule has 1 aromatic carbocycles. The zero-order chi connectivity index (χ0) is 13.8. The van der Waals surface area contributed by atoms with Gasteiger partial charge < -0.3 is 0 Å². The molecule has 0 saturated carbocycles. The Balaban J connectivity index is 2.29. The summed E-state index contributed by atoms with van der Waals surface area (Å²) in [4.78, 5) is 11.0. The second-order valence-corrected chi connectivity index (χ2v) is 5.35. The molecule has 0 unspecified atom stereocenters. The highest BCUT2D eigenvalue weighted by Crippen LogP contribution is 2.15. The molecule has 0 spiro atoms. The van der Waals surface area contributed by atoms with Crippen LogP contribution in [0, 0.1) is 5.92 Å². The summed E-state index contributed by atoms with van der Waals surface area (Å²) in [6.07, 6.45) is 1.39. The Kier molecular flexibility index (Phi) is 4.32. The molecule has 0 bridgehead atoms. The van der Waals surface area contributed by atoms with Crippen molar-refractivity contribution in [3.8, 4) is 0 Å². The lowest BCUT2D eigenvalue weighted by Crippen LogP contribution is -2.11. The third-order valence-corrected chi connectivity index (χ3v) is 3.05. The molecule has 0 aliphatic carbocycles. The van der Waals surface area contributed by atoms with Gasteiger partial charge in [-0.05, 0) is 23.6 Å². The Morgan fingerprint density at radius 3 is 2.58 bits per heavy atom. The van der Waals surface area contributed by atoms with Crippen molar-refractivity contribution in [2.75, 3.05) is 0 Å². The molecule has 0 aliphatic heterocycles. The van der Waals surface area contributed by atoms with Crippen LogP contribution in [-0.4, -0.2) is 21.3 Å². The van der Waals surface area contributed by atoms with E-state index in [0.29, 0.717) is 23.1 Å². The third-order valence-electron chi connectivity index (χ3n) is 2.80. The zero-order valence-electron chi connectivity index (χ0n) is 11.0. The van der Waals surface area contributed by atoms with Crippen molar-refractivity contribution in [1.82, 2.24) is 15.0 Å². The second-order valence-electron chi connectivity index (χ2n) is 4.92. The van der Waals surface area contributed by atoms with E-state index in [9.17, 15) is 4.79 Å². The van der Waals surface area contributed by atoms with Crippen molar-refractivity contribution in [1.29, 1.82) is 0 Å². The van der Waals surface area contributed by atoms with Crippen molar-refractivity contribution >= 4 is 17.9 Å². The summed E-state index contributed by atoms with van der Waals surface area (Å²) in [5.74, 6) is 0.449. The zero-order valence-corrected chi connectivity index (χ0v) is 11.8. The van der Waals surface area contributed by atoms with Gasteiger partial charge in [-0.25, -0.2) is 4.68 Å². The van der Waals surface area contributed by atoms with E-state index in [2.05, 4.69) is 24.2 Å². The van der Waals surface area contributed by atoms with Crippen LogP contribution in [0.2, 0.25) is 5.02 Å². The highest BCUT2D eigenvalue weighted by molar-refractivity contribution is 6.30.